The van der Waals surface area contributed by atoms with Crippen LogP contribution in [0.1, 0.15) is 43.4 Å². The van der Waals surface area contributed by atoms with E-state index in [4.69, 9.17) is 10.5 Å². The number of rotatable bonds is 9. The SMILES string of the molecule is Cc1ccc(OCCCCCCCc2nc(N)nc3ccccc23)cc1. The minimum atomic E-state index is 0.368. The monoisotopic (exact) mass is 349 g/mol. The van der Waals surface area contributed by atoms with Crippen LogP contribution in [-0.2, 0) is 6.42 Å². The quantitative estimate of drug-likeness (QED) is 0.546. The summed E-state index contributed by atoms with van der Waals surface area (Å²) in [6.45, 7) is 2.87. The van der Waals surface area contributed by atoms with Gasteiger partial charge in [-0.05, 0) is 44.4 Å². The molecule has 0 saturated heterocycles. The van der Waals surface area contributed by atoms with Crippen molar-refractivity contribution < 1.29 is 4.74 Å². The van der Waals surface area contributed by atoms with Crippen LogP contribution in [0.25, 0.3) is 10.9 Å². The van der Waals surface area contributed by atoms with Crippen molar-refractivity contribution in [1.29, 1.82) is 0 Å². The summed E-state index contributed by atoms with van der Waals surface area (Å²) in [5, 5.41) is 1.12. The number of aryl methyl sites for hydroxylation is 2. The first kappa shape index (κ1) is 18.2. The smallest absolute Gasteiger partial charge is 0.220 e. The van der Waals surface area contributed by atoms with Gasteiger partial charge in [0, 0.05) is 5.39 Å². The molecule has 2 aromatic carbocycles. The summed E-state index contributed by atoms with van der Waals surface area (Å²) in [5.41, 5.74) is 9.09. The van der Waals surface area contributed by atoms with Crippen molar-refractivity contribution in [3.8, 4) is 5.75 Å². The first-order valence-corrected chi connectivity index (χ1v) is 9.43. The highest BCUT2D eigenvalue weighted by Crippen LogP contribution is 2.19. The fraction of sp³-hybridized carbons (Fsp3) is 0.364. The number of hydrogen-bond donors (Lipinski definition) is 1. The van der Waals surface area contributed by atoms with Gasteiger partial charge in [0.15, 0.2) is 0 Å². The molecule has 0 aliphatic carbocycles. The summed E-state index contributed by atoms with van der Waals surface area (Å²) in [6.07, 6.45) is 6.78. The molecule has 1 aromatic heterocycles. The lowest BCUT2D eigenvalue weighted by Crippen LogP contribution is -2.01. The van der Waals surface area contributed by atoms with E-state index >= 15 is 0 Å². The van der Waals surface area contributed by atoms with E-state index in [1.165, 1.54) is 24.8 Å². The molecule has 0 atom stereocenters. The van der Waals surface area contributed by atoms with E-state index in [-0.39, 0.29) is 0 Å². The van der Waals surface area contributed by atoms with Gasteiger partial charge >= 0.3 is 0 Å². The van der Waals surface area contributed by atoms with Crippen LogP contribution in [0.3, 0.4) is 0 Å². The molecule has 0 aliphatic rings. The Morgan fingerprint density at radius 3 is 2.42 bits per heavy atom. The van der Waals surface area contributed by atoms with Crippen molar-refractivity contribution >= 4 is 16.9 Å². The number of nitrogens with two attached hydrogens (primary N) is 1. The number of ether oxygens (including phenoxy) is 1. The van der Waals surface area contributed by atoms with Crippen LogP contribution in [0.2, 0.25) is 0 Å². The average molecular weight is 349 g/mol. The van der Waals surface area contributed by atoms with Crippen molar-refractivity contribution in [3.63, 3.8) is 0 Å². The van der Waals surface area contributed by atoms with Crippen molar-refractivity contribution in [2.75, 3.05) is 12.3 Å². The van der Waals surface area contributed by atoms with Crippen molar-refractivity contribution in [1.82, 2.24) is 9.97 Å². The van der Waals surface area contributed by atoms with Crippen LogP contribution in [0.4, 0.5) is 5.95 Å². The second-order valence-electron chi connectivity index (χ2n) is 6.72. The molecular weight excluding hydrogens is 322 g/mol. The number of hydrogen-bond acceptors (Lipinski definition) is 4. The summed E-state index contributed by atoms with van der Waals surface area (Å²) < 4.78 is 5.77. The molecule has 0 spiro atoms. The van der Waals surface area contributed by atoms with Crippen molar-refractivity contribution in [3.05, 3.63) is 59.8 Å². The summed E-state index contributed by atoms with van der Waals surface area (Å²) in [6, 6.07) is 16.3. The lowest BCUT2D eigenvalue weighted by molar-refractivity contribution is 0.304. The maximum atomic E-state index is 5.83. The molecule has 0 amide bonds. The highest BCUT2D eigenvalue weighted by Gasteiger charge is 2.05. The van der Waals surface area contributed by atoms with Gasteiger partial charge in [-0.15, -0.1) is 0 Å². The second kappa shape index (κ2) is 9.18. The van der Waals surface area contributed by atoms with Crippen LogP contribution >= 0.6 is 0 Å². The summed E-state index contributed by atoms with van der Waals surface area (Å²) in [4.78, 5) is 8.73. The van der Waals surface area contributed by atoms with Gasteiger partial charge in [0.2, 0.25) is 5.95 Å². The predicted octanol–water partition coefficient (Wildman–Crippen LogP) is 5.09. The molecule has 3 aromatic rings. The Morgan fingerprint density at radius 2 is 1.58 bits per heavy atom. The van der Waals surface area contributed by atoms with Crippen LogP contribution < -0.4 is 10.5 Å². The summed E-state index contributed by atoms with van der Waals surface area (Å²) >= 11 is 0. The molecule has 0 saturated carbocycles. The lowest BCUT2D eigenvalue weighted by atomic mass is 10.1. The number of aromatic nitrogens is 2. The van der Waals surface area contributed by atoms with Gasteiger partial charge in [0.25, 0.3) is 0 Å². The van der Waals surface area contributed by atoms with Gasteiger partial charge in [0.05, 0.1) is 17.8 Å². The molecule has 1 heterocycles. The summed E-state index contributed by atoms with van der Waals surface area (Å²) in [7, 11) is 0. The number of nitrogen functional groups attached to an aromatic ring is 1. The maximum absolute atomic E-state index is 5.83. The number of benzene rings is 2. The van der Waals surface area contributed by atoms with E-state index in [2.05, 4.69) is 35.1 Å². The van der Waals surface area contributed by atoms with E-state index in [1.807, 2.05) is 30.3 Å². The van der Waals surface area contributed by atoms with E-state index in [1.54, 1.807) is 0 Å². The second-order valence-corrected chi connectivity index (χ2v) is 6.72. The summed E-state index contributed by atoms with van der Waals surface area (Å²) in [5.74, 6) is 1.33. The minimum absolute atomic E-state index is 0.368. The third-order valence-electron chi connectivity index (χ3n) is 4.55. The van der Waals surface area contributed by atoms with Gasteiger partial charge in [-0.2, -0.15) is 0 Å². The molecule has 4 heteroatoms. The lowest BCUT2D eigenvalue weighted by Gasteiger charge is -2.07. The Labute approximate surface area is 155 Å². The molecule has 2 N–H and O–H groups in total. The average Bonchev–Trinajstić information content (AvgIpc) is 2.65. The Hall–Kier alpha value is -2.62. The van der Waals surface area contributed by atoms with Crippen LogP contribution in [0.15, 0.2) is 48.5 Å². The van der Waals surface area contributed by atoms with Gasteiger partial charge in [-0.1, -0.05) is 55.2 Å². The Kier molecular flexibility index (Phi) is 6.42. The number of para-hydroxylation sites is 1. The predicted molar refractivity (Wildman–Crippen MR) is 107 cm³/mol. The Morgan fingerprint density at radius 1 is 0.846 bits per heavy atom. The zero-order valence-corrected chi connectivity index (χ0v) is 15.4. The first-order valence-electron chi connectivity index (χ1n) is 9.43. The number of unbranched alkanes of at least 4 members (excludes halogenated alkanes) is 4. The number of nitrogens with zero attached hydrogens (tertiary/aromatic N) is 2. The normalized spacial score (nSPS) is 11.0. The highest BCUT2D eigenvalue weighted by molar-refractivity contribution is 5.81. The molecule has 4 nitrogen and oxygen atoms in total. The zero-order valence-electron chi connectivity index (χ0n) is 15.4. The standard InChI is InChI=1S/C22H27N3O/c1-17-12-14-18(15-13-17)26-16-8-4-2-3-5-10-20-19-9-6-7-11-21(19)25-22(23)24-20/h6-7,9,11-15H,2-5,8,10,16H2,1H3,(H2,23,24,25). The van der Waals surface area contributed by atoms with Gasteiger partial charge in [-0.25, -0.2) is 9.97 Å². The molecular formula is C22H27N3O. The number of anilines is 1. The van der Waals surface area contributed by atoms with Crippen LogP contribution in [-0.4, -0.2) is 16.6 Å². The van der Waals surface area contributed by atoms with E-state index in [0.717, 1.165) is 48.2 Å². The van der Waals surface area contributed by atoms with Crippen molar-refractivity contribution in [2.24, 2.45) is 0 Å². The fourth-order valence-corrected chi connectivity index (χ4v) is 3.10. The molecule has 0 unspecified atom stereocenters. The Bertz CT molecular complexity index is 830. The minimum Gasteiger partial charge on any atom is -0.494 e. The van der Waals surface area contributed by atoms with E-state index < -0.39 is 0 Å². The fourth-order valence-electron chi connectivity index (χ4n) is 3.10. The first-order chi connectivity index (χ1) is 12.7. The topological polar surface area (TPSA) is 61.0 Å². The van der Waals surface area contributed by atoms with Gasteiger partial charge in [-0.3, -0.25) is 0 Å². The van der Waals surface area contributed by atoms with Gasteiger partial charge in [0.1, 0.15) is 5.75 Å². The molecule has 0 radical (unpaired) electrons. The Balaban J connectivity index is 1.34. The molecule has 0 fully saturated rings. The van der Waals surface area contributed by atoms with Crippen LogP contribution in [0, 0.1) is 6.92 Å². The zero-order chi connectivity index (χ0) is 18.2. The highest BCUT2D eigenvalue weighted by atomic mass is 16.5. The third-order valence-corrected chi connectivity index (χ3v) is 4.55. The molecule has 0 aliphatic heterocycles. The third kappa shape index (κ3) is 5.19. The van der Waals surface area contributed by atoms with E-state index in [9.17, 15) is 0 Å². The van der Waals surface area contributed by atoms with Gasteiger partial charge < -0.3 is 10.5 Å². The number of fused-ring (bicyclic) bond motifs is 1. The van der Waals surface area contributed by atoms with Crippen molar-refractivity contribution in [2.45, 2.75) is 45.4 Å². The molecule has 26 heavy (non-hydrogen) atoms. The largest absolute Gasteiger partial charge is 0.494 e. The maximum Gasteiger partial charge on any atom is 0.220 e. The molecule has 136 valence electrons. The molecule has 0 bridgehead atoms. The van der Waals surface area contributed by atoms with Crippen LogP contribution in [0.5, 0.6) is 5.75 Å². The van der Waals surface area contributed by atoms with E-state index in [0.29, 0.717) is 5.95 Å². The molecule has 3 rings (SSSR count).